The molecule has 0 fully saturated rings. The van der Waals surface area contributed by atoms with Crippen LogP contribution in [0.2, 0.25) is 0 Å². The Morgan fingerprint density at radius 2 is 1.48 bits per heavy atom. The third-order valence-corrected chi connectivity index (χ3v) is 7.11. The van der Waals surface area contributed by atoms with Crippen LogP contribution >= 0.6 is 0 Å². The molecule has 0 aliphatic carbocycles. The summed E-state index contributed by atoms with van der Waals surface area (Å²) in [5.74, 6) is 1.47. The normalized spacial score (nSPS) is 11.3. The van der Waals surface area contributed by atoms with E-state index in [2.05, 4.69) is 6.92 Å². The Balaban J connectivity index is 1.86. The number of nitrogens with zero attached hydrogens (tertiary/aromatic N) is 1. The largest absolute Gasteiger partial charge is 0.457 e. The maximum Gasteiger partial charge on any atom is 0.264 e. The van der Waals surface area contributed by atoms with Crippen LogP contribution in [0, 0.1) is 13.8 Å². The van der Waals surface area contributed by atoms with Crippen molar-refractivity contribution in [2.45, 2.75) is 51.3 Å². The molecule has 0 saturated heterocycles. The topological polar surface area (TPSA) is 46.6 Å². The van der Waals surface area contributed by atoms with E-state index in [-0.39, 0.29) is 0 Å². The molecule has 0 aromatic heterocycles. The molecular formula is C26H31NO3S. The van der Waals surface area contributed by atoms with E-state index in [1.165, 1.54) is 4.31 Å². The molecule has 0 spiro atoms. The minimum atomic E-state index is -3.64. The van der Waals surface area contributed by atoms with Crippen LogP contribution in [0.4, 0.5) is 5.69 Å². The molecule has 3 aromatic rings. The summed E-state index contributed by atoms with van der Waals surface area (Å²) in [6, 6.07) is 22.1. The van der Waals surface area contributed by atoms with Gasteiger partial charge >= 0.3 is 0 Å². The van der Waals surface area contributed by atoms with Gasteiger partial charge in [-0.1, -0.05) is 62.1 Å². The first-order valence-corrected chi connectivity index (χ1v) is 12.3. The Hall–Kier alpha value is -2.79. The molecule has 3 rings (SSSR count). The molecule has 0 atom stereocenters. The predicted octanol–water partition coefficient (Wildman–Crippen LogP) is 6.87. The van der Waals surface area contributed by atoms with Gasteiger partial charge in [0.15, 0.2) is 0 Å². The number of benzene rings is 3. The van der Waals surface area contributed by atoms with Crippen molar-refractivity contribution in [2.24, 2.45) is 0 Å². The standard InChI is InChI=1S/C26H31NO3S/c1-4-5-6-9-20-27(31(28,29)25-18-12-21(2)13-19-25)23-14-16-24(17-15-23)30-26-11-8-7-10-22(26)3/h7-8,10-19H,4-6,9,20H2,1-3H3. The zero-order valence-corrected chi connectivity index (χ0v) is 19.4. The van der Waals surface area contributed by atoms with Crippen molar-refractivity contribution >= 4 is 15.7 Å². The molecule has 5 heteroatoms. The number of hydrogen-bond acceptors (Lipinski definition) is 3. The fourth-order valence-corrected chi connectivity index (χ4v) is 4.89. The summed E-state index contributed by atoms with van der Waals surface area (Å²) in [5, 5.41) is 0. The molecule has 0 unspecified atom stereocenters. The monoisotopic (exact) mass is 437 g/mol. The van der Waals surface area contributed by atoms with Crippen molar-refractivity contribution in [3.8, 4) is 11.5 Å². The van der Waals surface area contributed by atoms with E-state index >= 15 is 0 Å². The van der Waals surface area contributed by atoms with Gasteiger partial charge in [0.05, 0.1) is 10.6 Å². The number of aryl methyl sites for hydroxylation is 2. The minimum absolute atomic E-state index is 0.314. The van der Waals surface area contributed by atoms with Crippen molar-refractivity contribution in [2.75, 3.05) is 10.8 Å². The van der Waals surface area contributed by atoms with Gasteiger partial charge in [-0.05, 0) is 68.3 Å². The third-order valence-electron chi connectivity index (χ3n) is 5.27. The SMILES string of the molecule is CCCCCCN(c1ccc(Oc2ccccc2C)cc1)S(=O)(=O)c1ccc(C)cc1. The maximum atomic E-state index is 13.4. The van der Waals surface area contributed by atoms with Crippen molar-refractivity contribution in [1.82, 2.24) is 0 Å². The average molecular weight is 438 g/mol. The van der Waals surface area contributed by atoms with Crippen LogP contribution in [0.3, 0.4) is 0 Å². The second-order valence-electron chi connectivity index (χ2n) is 7.81. The number of unbranched alkanes of at least 4 members (excludes halogenated alkanes) is 3. The lowest BCUT2D eigenvalue weighted by Gasteiger charge is -2.25. The van der Waals surface area contributed by atoms with E-state index in [9.17, 15) is 8.42 Å². The average Bonchev–Trinajstić information content (AvgIpc) is 2.76. The summed E-state index contributed by atoms with van der Waals surface area (Å²) >= 11 is 0. The third kappa shape index (κ3) is 5.88. The van der Waals surface area contributed by atoms with Gasteiger partial charge in [0.25, 0.3) is 10.0 Å². The van der Waals surface area contributed by atoms with Crippen LogP contribution in [0.25, 0.3) is 0 Å². The van der Waals surface area contributed by atoms with E-state index in [0.29, 0.717) is 22.9 Å². The molecule has 0 aliphatic heterocycles. The van der Waals surface area contributed by atoms with E-state index in [4.69, 9.17) is 4.74 Å². The van der Waals surface area contributed by atoms with E-state index in [1.807, 2.05) is 74.5 Å². The smallest absolute Gasteiger partial charge is 0.264 e. The van der Waals surface area contributed by atoms with Crippen LogP contribution in [-0.4, -0.2) is 15.0 Å². The molecular weight excluding hydrogens is 406 g/mol. The van der Waals surface area contributed by atoms with Gasteiger partial charge in [0.1, 0.15) is 11.5 Å². The molecule has 0 amide bonds. The number of ether oxygens (including phenoxy) is 1. The van der Waals surface area contributed by atoms with Crippen molar-refractivity contribution in [3.05, 3.63) is 83.9 Å². The molecule has 164 valence electrons. The summed E-state index contributed by atoms with van der Waals surface area (Å²) in [5.41, 5.74) is 2.73. The molecule has 0 radical (unpaired) electrons. The molecule has 0 N–H and O–H groups in total. The second-order valence-corrected chi connectivity index (χ2v) is 9.67. The highest BCUT2D eigenvalue weighted by Crippen LogP contribution is 2.29. The van der Waals surface area contributed by atoms with Crippen LogP contribution in [0.15, 0.2) is 77.7 Å². The van der Waals surface area contributed by atoms with Gasteiger partial charge in [-0.25, -0.2) is 8.42 Å². The van der Waals surface area contributed by atoms with Gasteiger partial charge in [-0.2, -0.15) is 0 Å². The van der Waals surface area contributed by atoms with Gasteiger partial charge in [-0.3, -0.25) is 4.31 Å². The first-order chi connectivity index (χ1) is 14.9. The Bertz CT molecular complexity index is 1070. The Morgan fingerprint density at radius 1 is 0.806 bits per heavy atom. The van der Waals surface area contributed by atoms with Gasteiger partial charge in [0, 0.05) is 6.54 Å². The van der Waals surface area contributed by atoms with Gasteiger partial charge < -0.3 is 4.74 Å². The van der Waals surface area contributed by atoms with Crippen molar-refractivity contribution in [1.29, 1.82) is 0 Å². The molecule has 31 heavy (non-hydrogen) atoms. The van der Waals surface area contributed by atoms with E-state index < -0.39 is 10.0 Å². The lowest BCUT2D eigenvalue weighted by Crippen LogP contribution is -2.32. The number of anilines is 1. The summed E-state index contributed by atoms with van der Waals surface area (Å²) < 4.78 is 34.3. The summed E-state index contributed by atoms with van der Waals surface area (Å²) in [6.45, 7) is 6.55. The fourth-order valence-electron chi connectivity index (χ4n) is 3.39. The second kappa shape index (κ2) is 10.5. The Labute approximate surface area is 186 Å². The highest BCUT2D eigenvalue weighted by Gasteiger charge is 2.24. The summed E-state index contributed by atoms with van der Waals surface area (Å²) in [6.07, 6.45) is 4.03. The van der Waals surface area contributed by atoms with Crippen molar-refractivity contribution in [3.63, 3.8) is 0 Å². The van der Waals surface area contributed by atoms with Crippen LogP contribution in [-0.2, 0) is 10.0 Å². The molecule has 0 aliphatic rings. The minimum Gasteiger partial charge on any atom is -0.457 e. The highest BCUT2D eigenvalue weighted by atomic mass is 32.2. The molecule has 0 bridgehead atoms. The lowest BCUT2D eigenvalue weighted by atomic mass is 10.2. The predicted molar refractivity (Wildman–Crippen MR) is 128 cm³/mol. The number of hydrogen-bond donors (Lipinski definition) is 0. The van der Waals surface area contributed by atoms with Crippen LogP contribution in [0.1, 0.15) is 43.7 Å². The molecule has 0 saturated carbocycles. The molecule has 0 heterocycles. The number of para-hydroxylation sites is 1. The van der Waals surface area contributed by atoms with Gasteiger partial charge in [-0.15, -0.1) is 0 Å². The molecule has 3 aromatic carbocycles. The summed E-state index contributed by atoms with van der Waals surface area (Å²) in [4.78, 5) is 0.314. The van der Waals surface area contributed by atoms with Gasteiger partial charge in [0.2, 0.25) is 0 Å². The number of sulfonamides is 1. The zero-order chi connectivity index (χ0) is 22.3. The van der Waals surface area contributed by atoms with Crippen LogP contribution in [0.5, 0.6) is 11.5 Å². The summed E-state index contributed by atoms with van der Waals surface area (Å²) in [7, 11) is -3.64. The number of rotatable bonds is 10. The quantitative estimate of drug-likeness (QED) is 0.325. The zero-order valence-electron chi connectivity index (χ0n) is 18.5. The van der Waals surface area contributed by atoms with Crippen LogP contribution < -0.4 is 9.04 Å². The fraction of sp³-hybridized carbons (Fsp3) is 0.308. The Morgan fingerprint density at radius 3 is 2.13 bits per heavy atom. The first kappa shape index (κ1) is 22.9. The first-order valence-electron chi connectivity index (χ1n) is 10.8. The lowest BCUT2D eigenvalue weighted by molar-refractivity contribution is 0.479. The van der Waals surface area contributed by atoms with E-state index in [0.717, 1.165) is 42.6 Å². The Kier molecular flexibility index (Phi) is 7.75. The van der Waals surface area contributed by atoms with E-state index in [1.54, 1.807) is 12.1 Å². The van der Waals surface area contributed by atoms with Crippen molar-refractivity contribution < 1.29 is 13.2 Å². The molecule has 4 nitrogen and oxygen atoms in total. The highest BCUT2D eigenvalue weighted by molar-refractivity contribution is 7.92. The maximum absolute atomic E-state index is 13.4.